The van der Waals surface area contributed by atoms with Gasteiger partial charge in [-0.2, -0.15) is 5.10 Å². The number of halogens is 1. The largest absolute Gasteiger partial charge is 0.273 e. The molecule has 2 aromatic rings. The molecule has 0 bridgehead atoms. The number of hydrazone groups is 1. The van der Waals surface area contributed by atoms with E-state index in [2.05, 4.69) is 31.4 Å². The molecule has 0 spiro atoms. The summed E-state index contributed by atoms with van der Waals surface area (Å²) in [5.41, 5.74) is 4.34. The van der Waals surface area contributed by atoms with E-state index in [0.717, 1.165) is 20.7 Å². The van der Waals surface area contributed by atoms with Gasteiger partial charge in [0.15, 0.2) is 0 Å². The van der Waals surface area contributed by atoms with Crippen LogP contribution in [0.4, 0.5) is 0 Å². The van der Waals surface area contributed by atoms with Crippen molar-refractivity contribution in [1.29, 1.82) is 0 Å². The first kappa shape index (κ1) is 13.9. The average Bonchev–Trinajstić information content (AvgIpc) is 2.75. The van der Waals surface area contributed by atoms with E-state index in [4.69, 9.17) is 0 Å². The first-order chi connectivity index (χ1) is 9.13. The Balaban J connectivity index is 1.86. The predicted molar refractivity (Wildman–Crippen MR) is 80.4 cm³/mol. The van der Waals surface area contributed by atoms with Crippen LogP contribution in [0.25, 0.3) is 0 Å². The van der Waals surface area contributed by atoms with Crippen LogP contribution >= 0.6 is 27.3 Å². The van der Waals surface area contributed by atoms with Gasteiger partial charge in [-0.3, -0.25) is 4.79 Å². The molecule has 2 rings (SSSR count). The number of carbonyl (C=O) groups excluding carboxylic acids is 1. The summed E-state index contributed by atoms with van der Waals surface area (Å²) >= 11 is 4.85. The highest BCUT2D eigenvalue weighted by Crippen LogP contribution is 2.10. The Bertz CT molecular complexity index is 609. The Kier molecular flexibility index (Phi) is 4.81. The summed E-state index contributed by atoms with van der Waals surface area (Å²) in [6, 6.07) is 7.66. The second-order valence-corrected chi connectivity index (χ2v) is 5.77. The van der Waals surface area contributed by atoms with Crippen LogP contribution in [-0.4, -0.2) is 17.1 Å². The molecule has 0 fully saturated rings. The molecule has 0 unspecified atom stereocenters. The van der Waals surface area contributed by atoms with Gasteiger partial charge >= 0.3 is 0 Å². The summed E-state index contributed by atoms with van der Waals surface area (Å²) in [6.45, 7) is 1.91. The van der Waals surface area contributed by atoms with Crippen LogP contribution in [0.1, 0.15) is 16.3 Å². The summed E-state index contributed by atoms with van der Waals surface area (Å²) in [7, 11) is 0. The molecule has 1 N–H and O–H groups in total. The van der Waals surface area contributed by atoms with Crippen molar-refractivity contribution < 1.29 is 4.79 Å². The lowest BCUT2D eigenvalue weighted by Gasteiger charge is -1.97. The van der Waals surface area contributed by atoms with Crippen molar-refractivity contribution in [3.63, 3.8) is 0 Å². The maximum absolute atomic E-state index is 11.6. The number of benzene rings is 1. The highest BCUT2D eigenvalue weighted by Gasteiger charge is 2.05. The Labute approximate surface area is 123 Å². The third-order valence-corrected chi connectivity index (χ3v) is 3.69. The van der Waals surface area contributed by atoms with E-state index in [1.165, 1.54) is 11.3 Å². The van der Waals surface area contributed by atoms with E-state index in [9.17, 15) is 4.79 Å². The third kappa shape index (κ3) is 4.57. The van der Waals surface area contributed by atoms with E-state index in [1.54, 1.807) is 6.21 Å². The molecule has 0 aliphatic carbocycles. The quantitative estimate of drug-likeness (QED) is 0.688. The van der Waals surface area contributed by atoms with Gasteiger partial charge in [-0.15, -0.1) is 11.3 Å². The molecular weight excluding hydrogens is 326 g/mol. The number of aryl methyl sites for hydroxylation is 1. The standard InChI is InChI=1S/C13H12BrN3OS/c1-9-8-19-13(16-9)6-12(18)17-15-7-10-3-2-4-11(14)5-10/h2-5,7-8H,6H2,1H3,(H,17,18)/b15-7-. The average molecular weight is 338 g/mol. The van der Waals surface area contributed by atoms with Crippen LogP contribution in [-0.2, 0) is 11.2 Å². The minimum Gasteiger partial charge on any atom is -0.273 e. The number of nitrogens with one attached hydrogen (secondary N) is 1. The zero-order valence-corrected chi connectivity index (χ0v) is 12.7. The molecular formula is C13H12BrN3OS. The zero-order chi connectivity index (χ0) is 13.7. The van der Waals surface area contributed by atoms with Crippen molar-refractivity contribution in [2.24, 2.45) is 5.10 Å². The fourth-order valence-electron chi connectivity index (χ4n) is 1.43. The van der Waals surface area contributed by atoms with Crippen molar-refractivity contribution in [3.05, 3.63) is 50.4 Å². The SMILES string of the molecule is Cc1csc(CC(=O)N/N=C\c2cccc(Br)c2)n1. The Morgan fingerprint density at radius 1 is 1.58 bits per heavy atom. The molecule has 98 valence electrons. The number of hydrogen-bond acceptors (Lipinski definition) is 4. The number of nitrogens with zero attached hydrogens (tertiary/aromatic N) is 2. The van der Waals surface area contributed by atoms with Gasteiger partial charge in [-0.25, -0.2) is 10.4 Å². The molecule has 1 heterocycles. The second kappa shape index (κ2) is 6.58. The van der Waals surface area contributed by atoms with E-state index in [-0.39, 0.29) is 12.3 Å². The maximum atomic E-state index is 11.6. The van der Waals surface area contributed by atoms with Crippen molar-refractivity contribution in [2.75, 3.05) is 0 Å². The molecule has 1 amide bonds. The van der Waals surface area contributed by atoms with Crippen molar-refractivity contribution in [1.82, 2.24) is 10.4 Å². The van der Waals surface area contributed by atoms with Gasteiger partial charge in [0.05, 0.1) is 12.6 Å². The van der Waals surface area contributed by atoms with Gasteiger partial charge in [0.1, 0.15) is 5.01 Å². The van der Waals surface area contributed by atoms with E-state index in [1.807, 2.05) is 36.6 Å². The van der Waals surface area contributed by atoms with Crippen LogP contribution in [0.5, 0.6) is 0 Å². The molecule has 0 radical (unpaired) electrons. The number of hydrogen-bond donors (Lipinski definition) is 1. The lowest BCUT2D eigenvalue weighted by atomic mass is 10.2. The summed E-state index contributed by atoms with van der Waals surface area (Å²) in [5.74, 6) is -0.166. The maximum Gasteiger partial charge on any atom is 0.246 e. The molecule has 0 saturated heterocycles. The molecule has 1 aromatic heterocycles. The predicted octanol–water partition coefficient (Wildman–Crippen LogP) is 2.91. The van der Waals surface area contributed by atoms with Crippen molar-refractivity contribution in [3.8, 4) is 0 Å². The molecule has 0 aliphatic heterocycles. The number of aromatic nitrogens is 1. The zero-order valence-electron chi connectivity index (χ0n) is 10.3. The number of thiazole rings is 1. The van der Waals surface area contributed by atoms with Crippen LogP contribution in [0.2, 0.25) is 0 Å². The summed E-state index contributed by atoms with van der Waals surface area (Å²) in [4.78, 5) is 15.8. The summed E-state index contributed by atoms with van der Waals surface area (Å²) < 4.78 is 0.973. The van der Waals surface area contributed by atoms with Crippen molar-refractivity contribution in [2.45, 2.75) is 13.3 Å². The van der Waals surface area contributed by atoms with Crippen LogP contribution in [0.3, 0.4) is 0 Å². The van der Waals surface area contributed by atoms with Gasteiger partial charge in [0, 0.05) is 15.5 Å². The third-order valence-electron chi connectivity index (χ3n) is 2.23. The van der Waals surface area contributed by atoms with E-state index in [0.29, 0.717) is 0 Å². The molecule has 0 atom stereocenters. The smallest absolute Gasteiger partial charge is 0.246 e. The molecule has 6 heteroatoms. The van der Waals surface area contributed by atoms with E-state index < -0.39 is 0 Å². The molecule has 1 aromatic carbocycles. The van der Waals surface area contributed by atoms with Gasteiger partial charge in [-0.05, 0) is 24.6 Å². The number of carbonyl (C=O) groups is 1. The molecule has 0 saturated carbocycles. The highest BCUT2D eigenvalue weighted by atomic mass is 79.9. The normalized spacial score (nSPS) is 10.8. The summed E-state index contributed by atoms with van der Waals surface area (Å²) in [5, 5.41) is 6.64. The van der Waals surface area contributed by atoms with Crippen molar-refractivity contribution >= 4 is 39.4 Å². The number of rotatable bonds is 4. The monoisotopic (exact) mass is 337 g/mol. The topological polar surface area (TPSA) is 54.4 Å². The Hall–Kier alpha value is -1.53. The van der Waals surface area contributed by atoms with Crippen LogP contribution in [0, 0.1) is 6.92 Å². The molecule has 0 aliphatic rings. The first-order valence-corrected chi connectivity index (χ1v) is 7.29. The van der Waals surface area contributed by atoms with Crippen LogP contribution in [0.15, 0.2) is 39.2 Å². The van der Waals surface area contributed by atoms with Crippen LogP contribution < -0.4 is 5.43 Å². The van der Waals surface area contributed by atoms with E-state index >= 15 is 0 Å². The Morgan fingerprint density at radius 3 is 3.11 bits per heavy atom. The lowest BCUT2D eigenvalue weighted by molar-refractivity contribution is -0.120. The van der Waals surface area contributed by atoms with Gasteiger partial charge in [0.25, 0.3) is 0 Å². The minimum absolute atomic E-state index is 0.166. The first-order valence-electron chi connectivity index (χ1n) is 5.62. The Morgan fingerprint density at radius 2 is 2.42 bits per heavy atom. The molecule has 19 heavy (non-hydrogen) atoms. The van der Waals surface area contributed by atoms with Gasteiger partial charge < -0.3 is 0 Å². The fourth-order valence-corrected chi connectivity index (χ4v) is 2.61. The highest BCUT2D eigenvalue weighted by molar-refractivity contribution is 9.10. The lowest BCUT2D eigenvalue weighted by Crippen LogP contribution is -2.19. The molecule has 4 nitrogen and oxygen atoms in total. The fraction of sp³-hybridized carbons (Fsp3) is 0.154. The minimum atomic E-state index is -0.166. The van der Waals surface area contributed by atoms with Gasteiger partial charge in [0.2, 0.25) is 5.91 Å². The number of amides is 1. The second-order valence-electron chi connectivity index (χ2n) is 3.91. The van der Waals surface area contributed by atoms with Gasteiger partial charge in [-0.1, -0.05) is 28.1 Å². The summed E-state index contributed by atoms with van der Waals surface area (Å²) in [6.07, 6.45) is 1.87.